The number of H-pyrrole nitrogens is 2. The first-order valence-electron chi connectivity index (χ1n) is 13.6. The molecule has 3 aromatic heterocycles. The molecular formula is C29H43N7. The summed E-state index contributed by atoms with van der Waals surface area (Å²) >= 11 is 0. The Labute approximate surface area is 215 Å². The largest absolute Gasteiger partial charge is 0.348 e. The molecule has 0 aliphatic heterocycles. The van der Waals surface area contributed by atoms with E-state index >= 15 is 0 Å². The molecule has 0 saturated heterocycles. The molecule has 0 radical (unpaired) electrons. The minimum atomic E-state index is 0.145. The van der Waals surface area contributed by atoms with Crippen molar-refractivity contribution in [2.24, 2.45) is 7.05 Å². The molecule has 3 heterocycles. The summed E-state index contributed by atoms with van der Waals surface area (Å²) in [4.78, 5) is 20.5. The fourth-order valence-corrected chi connectivity index (χ4v) is 5.22. The molecule has 7 heteroatoms. The van der Waals surface area contributed by atoms with Crippen LogP contribution in [0.5, 0.6) is 0 Å². The molecule has 0 fully saturated rings. The van der Waals surface area contributed by atoms with Gasteiger partial charge in [-0.3, -0.25) is 4.90 Å². The highest BCUT2D eigenvalue weighted by atomic mass is 15.2. The normalized spacial score (nSPS) is 12.8. The van der Waals surface area contributed by atoms with Crippen LogP contribution in [0.2, 0.25) is 0 Å². The second kappa shape index (κ2) is 12.9. The summed E-state index contributed by atoms with van der Waals surface area (Å²) in [6, 6.07) is 9.44. The molecule has 0 saturated carbocycles. The van der Waals surface area contributed by atoms with Gasteiger partial charge in [0.1, 0.15) is 11.6 Å². The van der Waals surface area contributed by atoms with Crippen LogP contribution in [0.15, 0.2) is 49.1 Å². The van der Waals surface area contributed by atoms with Crippen LogP contribution in [0.1, 0.15) is 75.4 Å². The highest BCUT2D eigenvalue weighted by Crippen LogP contribution is 2.25. The van der Waals surface area contributed by atoms with Crippen molar-refractivity contribution in [3.63, 3.8) is 0 Å². The number of unbranched alkanes of at least 4 members (excludes halogenated alkanes) is 1. The van der Waals surface area contributed by atoms with Crippen LogP contribution in [0.25, 0.3) is 10.9 Å². The van der Waals surface area contributed by atoms with Crippen molar-refractivity contribution < 1.29 is 0 Å². The molecule has 0 amide bonds. The van der Waals surface area contributed by atoms with Gasteiger partial charge in [-0.15, -0.1) is 0 Å². The summed E-state index contributed by atoms with van der Waals surface area (Å²) in [6.45, 7) is 12.0. The van der Waals surface area contributed by atoms with Crippen molar-refractivity contribution in [2.45, 2.75) is 72.0 Å². The number of nitrogens with one attached hydrogen (secondary N) is 2. The smallest absolute Gasteiger partial charge is 0.123 e. The van der Waals surface area contributed by atoms with Crippen LogP contribution >= 0.6 is 0 Å². The first kappa shape index (κ1) is 26.2. The lowest BCUT2D eigenvalue weighted by Crippen LogP contribution is -2.27. The number of imidazole rings is 2. The van der Waals surface area contributed by atoms with Crippen molar-refractivity contribution in [3.05, 3.63) is 72.0 Å². The standard InChI is InChI=1S/C29H43N7/c1-5-16-35(17-6-2)18-8-7-9-26-20-25-19-24(10-11-27(25)34(26)4)21-36(22-28-30-12-13-31-28)23(3)29-32-14-15-33-29/h10-15,19-20,23H,5-9,16-18,21-22H2,1-4H3,(H,30,31)(H,32,33). The van der Waals surface area contributed by atoms with Gasteiger partial charge >= 0.3 is 0 Å². The van der Waals surface area contributed by atoms with Gasteiger partial charge in [-0.1, -0.05) is 19.9 Å². The molecule has 1 aromatic carbocycles. The number of fused-ring (bicyclic) bond motifs is 1. The third-order valence-electron chi connectivity index (χ3n) is 7.20. The van der Waals surface area contributed by atoms with E-state index in [1.54, 1.807) is 0 Å². The molecular weight excluding hydrogens is 446 g/mol. The molecule has 194 valence electrons. The summed E-state index contributed by atoms with van der Waals surface area (Å²) in [7, 11) is 2.21. The second-order valence-electron chi connectivity index (χ2n) is 9.98. The number of aromatic amines is 2. The minimum absolute atomic E-state index is 0.145. The predicted molar refractivity (Wildman–Crippen MR) is 148 cm³/mol. The molecule has 2 N–H and O–H groups in total. The van der Waals surface area contributed by atoms with E-state index in [1.165, 1.54) is 67.5 Å². The lowest BCUT2D eigenvalue weighted by molar-refractivity contribution is 0.181. The SMILES string of the molecule is CCCN(CCC)CCCCc1cc2cc(CN(Cc3ncc[nH]3)C(C)c3ncc[nH]3)ccc2n1C. The third-order valence-corrected chi connectivity index (χ3v) is 7.20. The zero-order valence-corrected chi connectivity index (χ0v) is 22.5. The Morgan fingerprint density at radius 2 is 1.69 bits per heavy atom. The zero-order valence-electron chi connectivity index (χ0n) is 22.5. The number of rotatable bonds is 15. The fraction of sp³-hybridized carbons (Fsp3) is 0.517. The number of benzene rings is 1. The van der Waals surface area contributed by atoms with E-state index in [2.05, 4.69) is 86.4 Å². The molecule has 36 heavy (non-hydrogen) atoms. The highest BCUT2D eigenvalue weighted by Gasteiger charge is 2.20. The molecule has 0 aliphatic rings. The highest BCUT2D eigenvalue weighted by molar-refractivity contribution is 5.82. The predicted octanol–water partition coefficient (Wildman–Crippen LogP) is 5.83. The number of hydrogen-bond donors (Lipinski definition) is 2. The van der Waals surface area contributed by atoms with Gasteiger partial charge in [0.05, 0.1) is 12.6 Å². The average molecular weight is 490 g/mol. The minimum Gasteiger partial charge on any atom is -0.348 e. The van der Waals surface area contributed by atoms with E-state index in [0.29, 0.717) is 0 Å². The quantitative estimate of drug-likeness (QED) is 0.206. The van der Waals surface area contributed by atoms with E-state index in [0.717, 1.165) is 31.2 Å². The first-order valence-corrected chi connectivity index (χ1v) is 13.6. The second-order valence-corrected chi connectivity index (χ2v) is 9.98. The topological polar surface area (TPSA) is 68.8 Å². The van der Waals surface area contributed by atoms with Crippen LogP contribution in [-0.2, 0) is 26.6 Å². The molecule has 0 bridgehead atoms. The Hall–Kier alpha value is -2.90. The van der Waals surface area contributed by atoms with Gasteiger partial charge in [-0.05, 0) is 82.4 Å². The van der Waals surface area contributed by atoms with Gasteiger partial charge in [0.2, 0.25) is 0 Å². The Bertz CT molecular complexity index is 1150. The van der Waals surface area contributed by atoms with E-state index in [1.807, 2.05) is 24.8 Å². The van der Waals surface area contributed by atoms with Gasteiger partial charge in [-0.25, -0.2) is 9.97 Å². The van der Waals surface area contributed by atoms with Crippen molar-refractivity contribution in [1.82, 2.24) is 34.3 Å². The third kappa shape index (κ3) is 6.65. The zero-order chi connectivity index (χ0) is 25.3. The van der Waals surface area contributed by atoms with Gasteiger partial charge in [0, 0.05) is 55.0 Å². The maximum atomic E-state index is 4.51. The summed E-state index contributed by atoms with van der Waals surface area (Å²) in [5.41, 5.74) is 4.04. The van der Waals surface area contributed by atoms with Crippen molar-refractivity contribution in [2.75, 3.05) is 19.6 Å². The van der Waals surface area contributed by atoms with Gasteiger partial charge in [0.25, 0.3) is 0 Å². The Morgan fingerprint density at radius 3 is 2.39 bits per heavy atom. The summed E-state index contributed by atoms with van der Waals surface area (Å²) < 4.78 is 2.38. The van der Waals surface area contributed by atoms with Crippen molar-refractivity contribution in [1.29, 1.82) is 0 Å². The summed E-state index contributed by atoms with van der Waals surface area (Å²) in [6.07, 6.45) is 13.5. The maximum Gasteiger partial charge on any atom is 0.123 e. The lowest BCUT2D eigenvalue weighted by Gasteiger charge is -2.27. The summed E-state index contributed by atoms with van der Waals surface area (Å²) in [5, 5.41) is 1.33. The van der Waals surface area contributed by atoms with Gasteiger partial charge < -0.3 is 19.4 Å². The summed E-state index contributed by atoms with van der Waals surface area (Å²) in [5.74, 6) is 1.94. The molecule has 1 unspecified atom stereocenters. The Kier molecular flexibility index (Phi) is 9.36. The van der Waals surface area contributed by atoms with Crippen LogP contribution in [0, 0.1) is 0 Å². The van der Waals surface area contributed by atoms with Gasteiger partial charge in [0.15, 0.2) is 0 Å². The van der Waals surface area contributed by atoms with E-state index < -0.39 is 0 Å². The number of hydrogen-bond acceptors (Lipinski definition) is 4. The van der Waals surface area contributed by atoms with Crippen LogP contribution in [0.4, 0.5) is 0 Å². The molecule has 4 aromatic rings. The van der Waals surface area contributed by atoms with Crippen molar-refractivity contribution >= 4 is 10.9 Å². The fourth-order valence-electron chi connectivity index (χ4n) is 5.22. The van der Waals surface area contributed by atoms with Crippen molar-refractivity contribution in [3.8, 4) is 0 Å². The molecule has 0 spiro atoms. The van der Waals surface area contributed by atoms with Crippen LogP contribution < -0.4 is 0 Å². The monoisotopic (exact) mass is 489 g/mol. The van der Waals surface area contributed by atoms with Crippen LogP contribution in [0.3, 0.4) is 0 Å². The maximum absolute atomic E-state index is 4.51. The molecule has 1 atom stereocenters. The van der Waals surface area contributed by atoms with Crippen LogP contribution in [-0.4, -0.2) is 53.9 Å². The Balaban J connectivity index is 1.43. The molecule has 4 rings (SSSR count). The van der Waals surface area contributed by atoms with Gasteiger partial charge in [-0.2, -0.15) is 0 Å². The number of aryl methyl sites for hydroxylation is 2. The van der Waals surface area contributed by atoms with E-state index in [-0.39, 0.29) is 6.04 Å². The number of nitrogens with zero attached hydrogens (tertiary/aromatic N) is 5. The number of aromatic nitrogens is 5. The first-order chi connectivity index (χ1) is 17.6. The molecule has 7 nitrogen and oxygen atoms in total. The van der Waals surface area contributed by atoms with E-state index in [4.69, 9.17) is 0 Å². The lowest BCUT2D eigenvalue weighted by atomic mass is 10.1. The average Bonchev–Trinajstić information content (AvgIpc) is 3.64. The molecule has 0 aliphatic carbocycles. The van der Waals surface area contributed by atoms with E-state index in [9.17, 15) is 0 Å². The Morgan fingerprint density at radius 1 is 0.917 bits per heavy atom.